The zero-order chi connectivity index (χ0) is 16.3. The van der Waals surface area contributed by atoms with Crippen molar-refractivity contribution in [3.63, 3.8) is 0 Å². The normalized spacial score (nSPS) is 10.1. The minimum absolute atomic E-state index is 0.00886. The molecule has 0 aliphatic carbocycles. The molecule has 0 aliphatic heterocycles. The third-order valence-corrected chi connectivity index (χ3v) is 2.63. The van der Waals surface area contributed by atoms with Crippen LogP contribution in [0, 0.1) is 15.9 Å². The van der Waals surface area contributed by atoms with Gasteiger partial charge in [0.25, 0.3) is 5.69 Å². The largest absolute Gasteiger partial charge is 0.452 e. The van der Waals surface area contributed by atoms with Crippen molar-refractivity contribution in [3.8, 4) is 17.4 Å². The molecule has 22 heavy (non-hydrogen) atoms. The van der Waals surface area contributed by atoms with E-state index in [9.17, 15) is 19.3 Å². The first-order chi connectivity index (χ1) is 10.4. The molecule has 0 saturated heterocycles. The molecule has 0 spiro atoms. The van der Waals surface area contributed by atoms with E-state index in [1.54, 1.807) is 0 Å². The number of rotatable bonds is 4. The predicted molar refractivity (Wildman–Crippen MR) is 72.6 cm³/mol. The third kappa shape index (κ3) is 3.58. The number of carbonyl (C=O) groups is 1. The highest BCUT2D eigenvalue weighted by Gasteiger charge is 2.15. The fourth-order valence-corrected chi connectivity index (χ4v) is 1.59. The molecule has 114 valence electrons. The van der Waals surface area contributed by atoms with Crippen molar-refractivity contribution in [1.29, 1.82) is 0 Å². The van der Waals surface area contributed by atoms with Crippen LogP contribution in [0.15, 0.2) is 30.5 Å². The van der Waals surface area contributed by atoms with E-state index < -0.39 is 22.5 Å². The topological polar surface area (TPSA) is 118 Å². The number of nitrogens with two attached hydrogens (primary N) is 1. The number of amides is 1. The van der Waals surface area contributed by atoms with Crippen molar-refractivity contribution in [3.05, 3.63) is 51.4 Å². The van der Waals surface area contributed by atoms with E-state index in [0.29, 0.717) is 6.07 Å². The van der Waals surface area contributed by atoms with Crippen LogP contribution in [-0.4, -0.2) is 16.0 Å². The summed E-state index contributed by atoms with van der Waals surface area (Å²) in [6.45, 7) is 0. The third-order valence-electron chi connectivity index (χ3n) is 2.35. The van der Waals surface area contributed by atoms with E-state index in [0.717, 1.165) is 24.4 Å². The standard InChI is InChI=1S/C12H7ClFN3O5/c13-7-5-16-11(22-12(15)18)4-10(7)21-9-2-1-6(17(19)20)3-8(9)14/h1-5H,(H2,15,18). The zero-order valence-corrected chi connectivity index (χ0v) is 11.4. The first kappa shape index (κ1) is 15.4. The Kier molecular flexibility index (Phi) is 4.37. The van der Waals surface area contributed by atoms with Gasteiger partial charge in [-0.25, -0.2) is 14.2 Å². The number of nitrogens with zero attached hydrogens (tertiary/aromatic N) is 2. The Morgan fingerprint density at radius 1 is 1.36 bits per heavy atom. The molecule has 1 aromatic heterocycles. The number of hydrogen-bond acceptors (Lipinski definition) is 6. The Bertz CT molecular complexity index is 756. The minimum Gasteiger partial charge on any atom is -0.452 e. The van der Waals surface area contributed by atoms with Gasteiger partial charge in [-0.3, -0.25) is 10.1 Å². The summed E-state index contributed by atoms with van der Waals surface area (Å²) in [5, 5.41) is 10.5. The lowest BCUT2D eigenvalue weighted by Crippen LogP contribution is -2.16. The summed E-state index contributed by atoms with van der Waals surface area (Å²) in [6, 6.07) is 3.95. The monoisotopic (exact) mass is 327 g/mol. The molecule has 2 N–H and O–H groups in total. The number of non-ortho nitro benzene ring substituents is 1. The van der Waals surface area contributed by atoms with E-state index in [-0.39, 0.29) is 22.4 Å². The van der Waals surface area contributed by atoms with Crippen molar-refractivity contribution in [1.82, 2.24) is 4.98 Å². The van der Waals surface area contributed by atoms with Crippen LogP contribution in [-0.2, 0) is 0 Å². The SMILES string of the molecule is NC(=O)Oc1cc(Oc2ccc([N+](=O)[O-])cc2F)c(Cl)cn1. The quantitative estimate of drug-likeness (QED) is 0.681. The summed E-state index contributed by atoms with van der Waals surface area (Å²) in [5.74, 6) is -1.53. The van der Waals surface area contributed by atoms with E-state index in [1.807, 2.05) is 0 Å². The molecular formula is C12H7ClFN3O5. The molecule has 1 aromatic carbocycles. The van der Waals surface area contributed by atoms with Crippen molar-refractivity contribution >= 4 is 23.4 Å². The van der Waals surface area contributed by atoms with Crippen LogP contribution in [0.4, 0.5) is 14.9 Å². The fraction of sp³-hybridized carbons (Fsp3) is 0. The molecule has 1 heterocycles. The van der Waals surface area contributed by atoms with Gasteiger partial charge >= 0.3 is 6.09 Å². The molecule has 10 heteroatoms. The highest BCUT2D eigenvalue weighted by Crippen LogP contribution is 2.33. The number of aromatic nitrogens is 1. The second kappa shape index (κ2) is 6.22. The molecule has 1 amide bonds. The van der Waals surface area contributed by atoms with Gasteiger partial charge in [-0.05, 0) is 6.07 Å². The summed E-state index contributed by atoms with van der Waals surface area (Å²) in [7, 11) is 0. The number of hydrogen-bond donors (Lipinski definition) is 1. The lowest BCUT2D eigenvalue weighted by Gasteiger charge is -2.09. The lowest BCUT2D eigenvalue weighted by molar-refractivity contribution is -0.385. The number of pyridine rings is 1. The van der Waals surface area contributed by atoms with Crippen LogP contribution < -0.4 is 15.2 Å². The van der Waals surface area contributed by atoms with Crippen molar-refractivity contribution in [2.24, 2.45) is 5.73 Å². The maximum Gasteiger partial charge on any atom is 0.411 e. The molecule has 0 aliphatic rings. The minimum atomic E-state index is -1.10. The Balaban J connectivity index is 2.30. The van der Waals surface area contributed by atoms with Crippen LogP contribution in [0.2, 0.25) is 5.02 Å². The average molecular weight is 328 g/mol. The van der Waals surface area contributed by atoms with Gasteiger partial charge in [0, 0.05) is 12.1 Å². The van der Waals surface area contributed by atoms with E-state index in [2.05, 4.69) is 9.72 Å². The van der Waals surface area contributed by atoms with Gasteiger partial charge in [-0.15, -0.1) is 0 Å². The highest BCUT2D eigenvalue weighted by molar-refractivity contribution is 6.31. The lowest BCUT2D eigenvalue weighted by atomic mass is 10.3. The van der Waals surface area contributed by atoms with Gasteiger partial charge < -0.3 is 15.2 Å². The number of primary amides is 1. The number of ether oxygens (including phenoxy) is 2. The average Bonchev–Trinajstić information content (AvgIpc) is 2.43. The summed E-state index contributed by atoms with van der Waals surface area (Å²) in [6.07, 6.45) is 0.0145. The van der Waals surface area contributed by atoms with Crippen molar-refractivity contribution in [2.75, 3.05) is 0 Å². The van der Waals surface area contributed by atoms with Gasteiger partial charge in [0.2, 0.25) is 5.88 Å². The molecule has 0 bridgehead atoms. The van der Waals surface area contributed by atoms with Crippen LogP contribution in [0.5, 0.6) is 17.4 Å². The Hall–Kier alpha value is -2.94. The zero-order valence-electron chi connectivity index (χ0n) is 10.7. The number of halogens is 2. The molecule has 0 fully saturated rings. The summed E-state index contributed by atoms with van der Waals surface area (Å²) in [5.41, 5.74) is 4.41. The number of carbonyl (C=O) groups excluding carboxylic acids is 1. The number of benzene rings is 1. The first-order valence-electron chi connectivity index (χ1n) is 5.61. The van der Waals surface area contributed by atoms with Crippen LogP contribution in [0.1, 0.15) is 0 Å². The summed E-state index contributed by atoms with van der Waals surface area (Å²) >= 11 is 5.83. The van der Waals surface area contributed by atoms with E-state index in [4.69, 9.17) is 22.1 Å². The maximum atomic E-state index is 13.7. The summed E-state index contributed by atoms with van der Waals surface area (Å²) < 4.78 is 23.5. The van der Waals surface area contributed by atoms with Gasteiger partial charge in [-0.1, -0.05) is 11.6 Å². The van der Waals surface area contributed by atoms with Gasteiger partial charge in [0.1, 0.15) is 5.02 Å². The molecule has 0 saturated carbocycles. The molecule has 2 aromatic rings. The summed E-state index contributed by atoms with van der Waals surface area (Å²) in [4.78, 5) is 24.1. The maximum absolute atomic E-state index is 13.7. The molecule has 0 radical (unpaired) electrons. The Morgan fingerprint density at radius 3 is 2.68 bits per heavy atom. The van der Waals surface area contributed by atoms with Crippen molar-refractivity contribution in [2.45, 2.75) is 0 Å². The molecular weight excluding hydrogens is 321 g/mol. The molecule has 8 nitrogen and oxygen atoms in total. The number of nitro benzene ring substituents is 1. The van der Waals surface area contributed by atoms with Gasteiger partial charge in [-0.2, -0.15) is 0 Å². The fourth-order valence-electron chi connectivity index (χ4n) is 1.44. The van der Waals surface area contributed by atoms with E-state index in [1.165, 1.54) is 0 Å². The second-order valence-electron chi connectivity index (χ2n) is 3.85. The van der Waals surface area contributed by atoms with E-state index >= 15 is 0 Å². The Morgan fingerprint density at radius 2 is 2.09 bits per heavy atom. The molecule has 0 unspecified atom stereocenters. The van der Waals surface area contributed by atoms with Crippen LogP contribution >= 0.6 is 11.6 Å². The number of nitro groups is 1. The second-order valence-corrected chi connectivity index (χ2v) is 4.26. The van der Waals surface area contributed by atoms with Gasteiger partial charge in [0.15, 0.2) is 17.3 Å². The smallest absolute Gasteiger partial charge is 0.411 e. The first-order valence-corrected chi connectivity index (χ1v) is 5.99. The molecule has 0 atom stereocenters. The van der Waals surface area contributed by atoms with Gasteiger partial charge in [0.05, 0.1) is 17.2 Å². The Labute approximate surface area is 127 Å². The van der Waals surface area contributed by atoms with Crippen molar-refractivity contribution < 1.29 is 23.6 Å². The molecule has 2 rings (SSSR count). The van der Waals surface area contributed by atoms with Crippen LogP contribution in [0.3, 0.4) is 0 Å². The highest BCUT2D eigenvalue weighted by atomic mass is 35.5. The van der Waals surface area contributed by atoms with Crippen LogP contribution in [0.25, 0.3) is 0 Å². The predicted octanol–water partition coefficient (Wildman–Crippen LogP) is 3.03.